The fourth-order valence-electron chi connectivity index (χ4n) is 1.44. The van der Waals surface area contributed by atoms with E-state index in [1.165, 1.54) is 12.4 Å². The highest BCUT2D eigenvalue weighted by Crippen LogP contribution is 2.12. The van der Waals surface area contributed by atoms with Crippen molar-refractivity contribution >= 4 is 33.5 Å². The fourth-order valence-corrected chi connectivity index (χ4v) is 1.64. The Bertz CT molecular complexity index is 601. The second-order valence-corrected chi connectivity index (χ2v) is 4.52. The molecule has 19 heavy (non-hydrogen) atoms. The molecule has 0 bridgehead atoms. The number of pyridine rings is 1. The van der Waals surface area contributed by atoms with Gasteiger partial charge >= 0.3 is 0 Å². The van der Waals surface area contributed by atoms with Gasteiger partial charge in [-0.3, -0.25) is 4.79 Å². The maximum Gasteiger partial charge on any atom is 0.257 e. The Labute approximate surface area is 117 Å². The van der Waals surface area contributed by atoms with Crippen molar-refractivity contribution in [2.45, 2.75) is 6.92 Å². The number of halogens is 1. The minimum absolute atomic E-state index is 0.307. The lowest BCUT2D eigenvalue weighted by Crippen LogP contribution is -2.15. The highest BCUT2D eigenvalue weighted by molar-refractivity contribution is 9.10. The standard InChI is InChI=1S/C11H11BrN6O/c1-6-2-7(3-9(16-6)18-13)11(19)17-10-5-14-8(12)4-15-10/h2-5H,13H2,1H3,(H,16,18)(H,15,17,19). The number of hydrogen-bond acceptors (Lipinski definition) is 6. The van der Waals surface area contributed by atoms with Crippen molar-refractivity contribution < 1.29 is 4.79 Å². The first-order chi connectivity index (χ1) is 9.08. The zero-order valence-electron chi connectivity index (χ0n) is 10.0. The van der Waals surface area contributed by atoms with E-state index in [1.807, 2.05) is 0 Å². The molecular formula is C11H11BrN6O. The van der Waals surface area contributed by atoms with Gasteiger partial charge in [0.25, 0.3) is 5.91 Å². The van der Waals surface area contributed by atoms with Crippen molar-refractivity contribution in [1.29, 1.82) is 0 Å². The highest BCUT2D eigenvalue weighted by Gasteiger charge is 2.09. The average molecular weight is 323 g/mol. The van der Waals surface area contributed by atoms with E-state index in [0.717, 1.165) is 0 Å². The zero-order chi connectivity index (χ0) is 13.8. The molecule has 0 saturated heterocycles. The second-order valence-electron chi connectivity index (χ2n) is 3.71. The van der Waals surface area contributed by atoms with Crippen LogP contribution < -0.4 is 16.6 Å². The molecule has 2 aromatic rings. The van der Waals surface area contributed by atoms with Crippen molar-refractivity contribution in [3.63, 3.8) is 0 Å². The molecule has 0 unspecified atom stereocenters. The predicted octanol–water partition coefficient (Wildman–Crippen LogP) is 1.48. The Morgan fingerprint density at radius 2 is 2.05 bits per heavy atom. The Balaban J connectivity index is 2.20. The van der Waals surface area contributed by atoms with Gasteiger partial charge < -0.3 is 10.7 Å². The number of carbonyl (C=O) groups is 1. The molecule has 2 aromatic heterocycles. The molecule has 0 saturated carbocycles. The van der Waals surface area contributed by atoms with Gasteiger partial charge in [-0.15, -0.1) is 0 Å². The summed E-state index contributed by atoms with van der Waals surface area (Å²) in [5.41, 5.74) is 3.53. The van der Waals surface area contributed by atoms with Gasteiger partial charge in [-0.1, -0.05) is 0 Å². The average Bonchev–Trinajstić information content (AvgIpc) is 2.40. The van der Waals surface area contributed by atoms with E-state index in [1.54, 1.807) is 19.1 Å². The molecular weight excluding hydrogens is 312 g/mol. The summed E-state index contributed by atoms with van der Waals surface area (Å²) >= 11 is 3.17. The summed E-state index contributed by atoms with van der Waals surface area (Å²) in [5, 5.41) is 2.63. The smallest absolute Gasteiger partial charge is 0.257 e. The molecule has 0 aliphatic heterocycles. The Hall–Kier alpha value is -2.06. The first kappa shape index (κ1) is 13.4. The van der Waals surface area contributed by atoms with E-state index >= 15 is 0 Å². The number of anilines is 2. The number of nitrogens with two attached hydrogens (primary N) is 1. The van der Waals surface area contributed by atoms with Gasteiger partial charge in [-0.2, -0.15) is 0 Å². The van der Waals surface area contributed by atoms with Gasteiger partial charge in [-0.05, 0) is 35.0 Å². The van der Waals surface area contributed by atoms with Crippen LogP contribution in [-0.2, 0) is 0 Å². The number of nitrogens with one attached hydrogen (secondary N) is 2. The van der Waals surface area contributed by atoms with Crippen LogP contribution >= 0.6 is 15.9 Å². The third-order valence-electron chi connectivity index (χ3n) is 2.23. The SMILES string of the molecule is Cc1cc(C(=O)Nc2cnc(Br)cn2)cc(NN)n1. The molecule has 8 heteroatoms. The molecule has 2 rings (SSSR count). The topological polar surface area (TPSA) is 106 Å². The molecule has 7 nitrogen and oxygen atoms in total. The number of aromatic nitrogens is 3. The van der Waals surface area contributed by atoms with Gasteiger partial charge in [0.1, 0.15) is 10.4 Å². The number of nitrogens with zero attached hydrogens (tertiary/aromatic N) is 3. The lowest BCUT2D eigenvalue weighted by Gasteiger charge is -2.07. The summed E-state index contributed by atoms with van der Waals surface area (Å²) in [5.74, 6) is 5.77. The van der Waals surface area contributed by atoms with E-state index in [-0.39, 0.29) is 5.91 Å². The van der Waals surface area contributed by atoms with Crippen molar-refractivity contribution in [3.8, 4) is 0 Å². The molecule has 0 fully saturated rings. The summed E-state index contributed by atoms with van der Waals surface area (Å²) in [7, 11) is 0. The third-order valence-corrected chi connectivity index (χ3v) is 2.63. The van der Waals surface area contributed by atoms with Crippen LogP contribution in [0.4, 0.5) is 11.6 Å². The van der Waals surface area contributed by atoms with Crippen molar-refractivity contribution in [3.05, 3.63) is 40.4 Å². The summed E-state index contributed by atoms with van der Waals surface area (Å²) in [6.45, 7) is 1.77. The molecule has 0 atom stereocenters. The number of hydrazine groups is 1. The minimum Gasteiger partial charge on any atom is -0.308 e. The molecule has 0 aliphatic carbocycles. The van der Waals surface area contributed by atoms with Crippen molar-refractivity contribution in [2.75, 3.05) is 10.7 Å². The van der Waals surface area contributed by atoms with Gasteiger partial charge in [0.2, 0.25) is 0 Å². The second kappa shape index (κ2) is 5.72. The van der Waals surface area contributed by atoms with Gasteiger partial charge in [0.15, 0.2) is 5.82 Å². The van der Waals surface area contributed by atoms with Gasteiger partial charge in [0, 0.05) is 11.3 Å². The molecule has 2 heterocycles. The number of nitrogen functional groups attached to an aromatic ring is 1. The number of carbonyl (C=O) groups excluding carboxylic acids is 1. The lowest BCUT2D eigenvalue weighted by atomic mass is 10.2. The summed E-state index contributed by atoms with van der Waals surface area (Å²) in [4.78, 5) is 24.1. The Kier molecular flexibility index (Phi) is 4.03. The van der Waals surface area contributed by atoms with Gasteiger partial charge in [0.05, 0.1) is 12.4 Å². The normalized spacial score (nSPS) is 10.1. The van der Waals surface area contributed by atoms with E-state index in [4.69, 9.17) is 5.84 Å². The third kappa shape index (κ3) is 3.46. The number of rotatable bonds is 3. The highest BCUT2D eigenvalue weighted by atomic mass is 79.9. The maximum atomic E-state index is 12.0. The van der Waals surface area contributed by atoms with Crippen LogP contribution in [0.25, 0.3) is 0 Å². The van der Waals surface area contributed by atoms with Crippen LogP contribution in [0.2, 0.25) is 0 Å². The molecule has 0 aliphatic rings. The maximum absolute atomic E-state index is 12.0. The molecule has 0 spiro atoms. The van der Waals surface area contributed by atoms with Crippen LogP contribution in [0, 0.1) is 6.92 Å². The predicted molar refractivity (Wildman–Crippen MR) is 74.5 cm³/mol. The summed E-state index contributed by atoms with van der Waals surface area (Å²) in [6, 6.07) is 3.21. The van der Waals surface area contributed by atoms with Crippen LogP contribution in [0.1, 0.15) is 16.1 Å². The molecule has 0 aromatic carbocycles. The van der Waals surface area contributed by atoms with Crippen LogP contribution in [-0.4, -0.2) is 20.9 Å². The van der Waals surface area contributed by atoms with Crippen LogP contribution in [0.5, 0.6) is 0 Å². The van der Waals surface area contributed by atoms with Gasteiger partial charge in [-0.25, -0.2) is 20.8 Å². The van der Waals surface area contributed by atoms with Crippen LogP contribution in [0.15, 0.2) is 29.1 Å². The van der Waals surface area contributed by atoms with E-state index in [2.05, 4.69) is 41.6 Å². The summed E-state index contributed by atoms with van der Waals surface area (Å²) < 4.78 is 0.597. The number of amides is 1. The summed E-state index contributed by atoms with van der Waals surface area (Å²) in [6.07, 6.45) is 2.96. The quantitative estimate of drug-likeness (QED) is 0.583. The molecule has 98 valence electrons. The Morgan fingerprint density at radius 3 is 2.68 bits per heavy atom. The molecule has 1 amide bonds. The zero-order valence-corrected chi connectivity index (χ0v) is 11.6. The minimum atomic E-state index is -0.307. The number of hydrogen-bond donors (Lipinski definition) is 3. The van der Waals surface area contributed by atoms with E-state index < -0.39 is 0 Å². The van der Waals surface area contributed by atoms with Crippen molar-refractivity contribution in [1.82, 2.24) is 15.0 Å². The Morgan fingerprint density at radius 1 is 1.26 bits per heavy atom. The first-order valence-corrected chi connectivity index (χ1v) is 6.12. The van der Waals surface area contributed by atoms with Crippen LogP contribution in [0.3, 0.4) is 0 Å². The molecule has 4 N–H and O–H groups in total. The lowest BCUT2D eigenvalue weighted by molar-refractivity contribution is 0.102. The first-order valence-electron chi connectivity index (χ1n) is 5.32. The monoisotopic (exact) mass is 322 g/mol. The number of aryl methyl sites for hydroxylation is 1. The fraction of sp³-hybridized carbons (Fsp3) is 0.0909. The van der Waals surface area contributed by atoms with E-state index in [9.17, 15) is 4.79 Å². The van der Waals surface area contributed by atoms with E-state index in [0.29, 0.717) is 27.5 Å². The van der Waals surface area contributed by atoms with Crippen molar-refractivity contribution in [2.24, 2.45) is 5.84 Å². The largest absolute Gasteiger partial charge is 0.308 e. The molecule has 0 radical (unpaired) electrons.